The molecule has 4 heteroatoms. The van der Waals surface area contributed by atoms with E-state index in [-0.39, 0.29) is 0 Å². The van der Waals surface area contributed by atoms with E-state index in [1.54, 1.807) is 6.92 Å². The lowest BCUT2D eigenvalue weighted by atomic mass is 10.3. The molecule has 0 aliphatic carbocycles. The summed E-state index contributed by atoms with van der Waals surface area (Å²) in [6, 6.07) is 0. The second-order valence-corrected chi connectivity index (χ2v) is 1.79. The lowest BCUT2D eigenvalue weighted by Gasteiger charge is -2.12. The fourth-order valence-electron chi connectivity index (χ4n) is 0.364. The van der Waals surface area contributed by atoms with Gasteiger partial charge < -0.3 is 10.4 Å². The first kappa shape index (κ1) is 8.78. The Morgan fingerprint density at radius 1 is 1.56 bits per heavy atom. The third kappa shape index (κ3) is 4.29. The van der Waals surface area contributed by atoms with Gasteiger partial charge in [0.1, 0.15) is 6.61 Å². The van der Waals surface area contributed by atoms with Crippen LogP contribution in [0.3, 0.4) is 0 Å². The van der Waals surface area contributed by atoms with E-state index in [0.717, 1.165) is 0 Å². The van der Waals surface area contributed by atoms with Crippen LogP contribution in [0.15, 0.2) is 0 Å². The fraction of sp³-hybridized carbons (Fsp3) is 1.00. The van der Waals surface area contributed by atoms with Gasteiger partial charge in [0.25, 0.3) is 5.92 Å². The van der Waals surface area contributed by atoms with E-state index in [4.69, 9.17) is 5.11 Å². The van der Waals surface area contributed by atoms with Gasteiger partial charge in [-0.25, -0.2) is 8.78 Å². The van der Waals surface area contributed by atoms with Crippen LogP contribution >= 0.6 is 0 Å². The van der Waals surface area contributed by atoms with Crippen molar-refractivity contribution in [2.24, 2.45) is 0 Å². The predicted octanol–water partition coefficient (Wildman–Crippen LogP) is 0.224. The van der Waals surface area contributed by atoms with Gasteiger partial charge in [0.2, 0.25) is 0 Å². The van der Waals surface area contributed by atoms with E-state index >= 15 is 0 Å². The van der Waals surface area contributed by atoms with Gasteiger partial charge in [-0.3, -0.25) is 0 Å². The summed E-state index contributed by atoms with van der Waals surface area (Å²) in [6.07, 6.45) is 0. The highest BCUT2D eigenvalue weighted by atomic mass is 19.3. The smallest absolute Gasteiger partial charge is 0.282 e. The van der Waals surface area contributed by atoms with E-state index in [1.165, 1.54) is 0 Å². The molecule has 0 fully saturated rings. The molecule has 0 unspecified atom stereocenters. The highest BCUT2D eigenvalue weighted by Gasteiger charge is 2.26. The molecule has 0 saturated heterocycles. The summed E-state index contributed by atoms with van der Waals surface area (Å²) in [4.78, 5) is 0. The van der Waals surface area contributed by atoms with Crippen molar-refractivity contribution in [3.63, 3.8) is 0 Å². The van der Waals surface area contributed by atoms with Crippen molar-refractivity contribution in [2.75, 3.05) is 19.7 Å². The van der Waals surface area contributed by atoms with Gasteiger partial charge in [0.15, 0.2) is 0 Å². The van der Waals surface area contributed by atoms with Gasteiger partial charge in [-0.05, 0) is 6.54 Å². The largest absolute Gasteiger partial charge is 0.390 e. The Hall–Kier alpha value is -0.220. The molecular formula is C5H11F2NO. The van der Waals surface area contributed by atoms with E-state index in [2.05, 4.69) is 5.32 Å². The quantitative estimate of drug-likeness (QED) is 0.584. The second kappa shape index (κ2) is 3.74. The van der Waals surface area contributed by atoms with Crippen molar-refractivity contribution in [1.29, 1.82) is 0 Å². The third-order valence-corrected chi connectivity index (χ3v) is 0.865. The second-order valence-electron chi connectivity index (χ2n) is 1.79. The van der Waals surface area contributed by atoms with Crippen molar-refractivity contribution in [2.45, 2.75) is 12.8 Å². The van der Waals surface area contributed by atoms with Gasteiger partial charge in [-0.1, -0.05) is 6.92 Å². The Balaban J connectivity index is 3.33. The predicted molar refractivity (Wildman–Crippen MR) is 30.6 cm³/mol. The molecule has 0 bridgehead atoms. The van der Waals surface area contributed by atoms with Crippen LogP contribution in [0, 0.1) is 0 Å². The van der Waals surface area contributed by atoms with Crippen molar-refractivity contribution < 1.29 is 13.9 Å². The Kier molecular flexibility index (Phi) is 3.65. The molecule has 2 N–H and O–H groups in total. The zero-order valence-electron chi connectivity index (χ0n) is 5.32. The minimum Gasteiger partial charge on any atom is -0.390 e. The topological polar surface area (TPSA) is 32.3 Å². The number of halogens is 2. The van der Waals surface area contributed by atoms with Crippen LogP contribution in [0.2, 0.25) is 0 Å². The highest BCUT2D eigenvalue weighted by Crippen LogP contribution is 2.08. The number of nitrogens with one attached hydrogen (secondary N) is 1. The van der Waals surface area contributed by atoms with E-state index in [0.29, 0.717) is 6.54 Å². The number of aliphatic hydroxyl groups is 1. The van der Waals surface area contributed by atoms with Gasteiger partial charge >= 0.3 is 0 Å². The number of aliphatic hydroxyl groups excluding tert-OH is 1. The molecule has 0 aliphatic heterocycles. The van der Waals surface area contributed by atoms with Crippen LogP contribution in [0.4, 0.5) is 8.78 Å². The van der Waals surface area contributed by atoms with E-state index < -0.39 is 19.1 Å². The molecule has 9 heavy (non-hydrogen) atoms. The number of rotatable bonds is 4. The molecule has 56 valence electrons. The van der Waals surface area contributed by atoms with Crippen LogP contribution in [-0.4, -0.2) is 30.7 Å². The van der Waals surface area contributed by atoms with Crippen molar-refractivity contribution >= 4 is 0 Å². The van der Waals surface area contributed by atoms with Crippen LogP contribution in [0.25, 0.3) is 0 Å². The Labute approximate surface area is 52.9 Å². The lowest BCUT2D eigenvalue weighted by Crippen LogP contribution is -2.35. The van der Waals surface area contributed by atoms with Crippen LogP contribution < -0.4 is 5.32 Å². The summed E-state index contributed by atoms with van der Waals surface area (Å²) in [6.45, 7) is 0.697. The maximum Gasteiger partial charge on any atom is 0.282 e. The first-order chi connectivity index (χ1) is 4.12. The molecule has 0 aromatic rings. The molecule has 0 aromatic carbocycles. The van der Waals surface area contributed by atoms with E-state index in [9.17, 15) is 8.78 Å². The average Bonchev–Trinajstić information content (AvgIpc) is 1.84. The van der Waals surface area contributed by atoms with Crippen LogP contribution in [0.5, 0.6) is 0 Å². The molecule has 0 aliphatic rings. The molecular weight excluding hydrogens is 128 g/mol. The number of hydrogen-bond donors (Lipinski definition) is 2. The standard InChI is InChI=1S/C5H11F2NO/c1-2-8-3-5(6,7)4-9/h8-9H,2-4H2,1H3. The van der Waals surface area contributed by atoms with Crippen LogP contribution in [-0.2, 0) is 0 Å². The van der Waals surface area contributed by atoms with Gasteiger partial charge in [-0.15, -0.1) is 0 Å². The maximum atomic E-state index is 12.0. The SMILES string of the molecule is CCNCC(F)(F)CO. The molecule has 0 atom stereocenters. The Morgan fingerprint density at radius 3 is 2.44 bits per heavy atom. The van der Waals surface area contributed by atoms with Gasteiger partial charge in [0, 0.05) is 0 Å². The highest BCUT2D eigenvalue weighted by molar-refractivity contribution is 4.66. The van der Waals surface area contributed by atoms with Crippen LogP contribution in [0.1, 0.15) is 6.92 Å². The normalized spacial score (nSPS) is 12.0. The van der Waals surface area contributed by atoms with Crippen molar-refractivity contribution in [3.05, 3.63) is 0 Å². The van der Waals surface area contributed by atoms with Gasteiger partial charge in [-0.2, -0.15) is 0 Å². The average molecular weight is 139 g/mol. The van der Waals surface area contributed by atoms with Crippen molar-refractivity contribution in [1.82, 2.24) is 5.32 Å². The summed E-state index contributed by atoms with van der Waals surface area (Å²) in [5.74, 6) is -2.96. The van der Waals surface area contributed by atoms with E-state index in [1.807, 2.05) is 0 Å². The minimum absolute atomic E-state index is 0.444. The maximum absolute atomic E-state index is 12.0. The Morgan fingerprint density at radius 2 is 2.11 bits per heavy atom. The summed E-state index contributed by atoms with van der Waals surface area (Å²) in [7, 11) is 0. The zero-order valence-corrected chi connectivity index (χ0v) is 5.32. The first-order valence-electron chi connectivity index (χ1n) is 2.82. The Bertz CT molecular complexity index is 77.4. The molecule has 0 rings (SSSR count). The fourth-order valence-corrected chi connectivity index (χ4v) is 0.364. The molecule has 0 aromatic heterocycles. The molecule has 0 spiro atoms. The minimum atomic E-state index is -2.96. The molecule has 2 nitrogen and oxygen atoms in total. The summed E-state index contributed by atoms with van der Waals surface area (Å²) >= 11 is 0. The molecule has 0 radical (unpaired) electrons. The number of alkyl halides is 2. The molecule has 0 saturated carbocycles. The van der Waals surface area contributed by atoms with Gasteiger partial charge in [0.05, 0.1) is 6.54 Å². The molecule has 0 heterocycles. The first-order valence-corrected chi connectivity index (χ1v) is 2.82. The summed E-state index contributed by atoms with van der Waals surface area (Å²) < 4.78 is 24.1. The summed E-state index contributed by atoms with van der Waals surface area (Å²) in [5, 5.41) is 10.5. The monoisotopic (exact) mass is 139 g/mol. The summed E-state index contributed by atoms with van der Waals surface area (Å²) in [5.41, 5.74) is 0. The number of hydrogen-bond acceptors (Lipinski definition) is 2. The lowest BCUT2D eigenvalue weighted by molar-refractivity contribution is -0.0471. The zero-order chi connectivity index (χ0) is 7.33. The molecule has 0 amide bonds. The third-order valence-electron chi connectivity index (χ3n) is 0.865. The van der Waals surface area contributed by atoms with Crippen molar-refractivity contribution in [3.8, 4) is 0 Å².